The quantitative estimate of drug-likeness (QED) is 0.451. The van der Waals surface area contributed by atoms with Gasteiger partial charge >= 0.3 is 5.97 Å². The van der Waals surface area contributed by atoms with Gasteiger partial charge in [-0.25, -0.2) is 18.4 Å². The third-order valence-electron chi connectivity index (χ3n) is 4.36. The molecule has 0 spiro atoms. The highest BCUT2D eigenvalue weighted by molar-refractivity contribution is 7.90. The summed E-state index contributed by atoms with van der Waals surface area (Å²) in [7, 11) is -7.63. The van der Waals surface area contributed by atoms with Gasteiger partial charge < -0.3 is 10.1 Å². The van der Waals surface area contributed by atoms with Gasteiger partial charge in [0.05, 0.1) is 10.5 Å². The van der Waals surface area contributed by atoms with Crippen molar-refractivity contribution in [3.63, 3.8) is 0 Å². The number of nitrogens with one attached hydrogen (secondary N) is 1. The molecule has 9 nitrogen and oxygen atoms in total. The Hall–Kier alpha value is -3.54. The Kier molecular flexibility index (Phi) is 5.09. The van der Waals surface area contributed by atoms with Gasteiger partial charge in [-0.05, 0) is 48.5 Å². The van der Waals surface area contributed by atoms with Crippen LogP contribution in [0.4, 0.5) is 5.69 Å². The highest BCUT2D eigenvalue weighted by atomic mass is 32.2. The lowest BCUT2D eigenvalue weighted by atomic mass is 10.2. The fraction of sp³-hybridized carbons (Fsp3) is 0. The number of amidine groups is 1. The van der Waals surface area contributed by atoms with E-state index in [1.165, 1.54) is 36.4 Å². The van der Waals surface area contributed by atoms with Crippen LogP contribution in [-0.4, -0.2) is 28.6 Å². The highest BCUT2D eigenvalue weighted by Gasteiger charge is 2.28. The molecular weight excluding hydrogens is 442 g/mol. The molecule has 31 heavy (non-hydrogen) atoms. The van der Waals surface area contributed by atoms with Gasteiger partial charge in [0.1, 0.15) is 10.6 Å². The van der Waals surface area contributed by atoms with Crippen molar-refractivity contribution >= 4 is 37.5 Å². The van der Waals surface area contributed by atoms with E-state index in [1.54, 1.807) is 36.4 Å². The molecule has 1 aliphatic rings. The fourth-order valence-corrected chi connectivity index (χ4v) is 4.61. The largest absolute Gasteiger partial charge is 0.423 e. The molecule has 0 amide bonds. The third-order valence-corrected chi connectivity index (χ3v) is 6.62. The van der Waals surface area contributed by atoms with E-state index >= 15 is 0 Å². The van der Waals surface area contributed by atoms with Crippen LogP contribution >= 0.6 is 0 Å². The minimum atomic E-state index is -3.87. The van der Waals surface area contributed by atoms with Gasteiger partial charge in [-0.15, -0.1) is 4.40 Å². The maximum Gasteiger partial charge on any atom is 0.343 e. The highest BCUT2D eigenvalue weighted by Crippen LogP contribution is 2.27. The molecule has 4 rings (SSSR count). The first-order valence-electron chi connectivity index (χ1n) is 8.80. The predicted octanol–water partition coefficient (Wildman–Crippen LogP) is 2.11. The minimum Gasteiger partial charge on any atom is -0.423 e. The number of carbonyl (C=O) groups is 1. The van der Waals surface area contributed by atoms with Crippen LogP contribution in [-0.2, 0) is 20.0 Å². The zero-order valence-corrected chi connectivity index (χ0v) is 17.4. The maximum absolute atomic E-state index is 12.4. The Morgan fingerprint density at radius 2 is 1.68 bits per heavy atom. The molecule has 3 aromatic rings. The number of ether oxygens (including phenoxy) is 1. The van der Waals surface area contributed by atoms with E-state index in [0.717, 1.165) is 0 Å². The lowest BCUT2D eigenvalue weighted by molar-refractivity contribution is 0.0734. The van der Waals surface area contributed by atoms with Crippen LogP contribution in [0, 0.1) is 0 Å². The first kappa shape index (κ1) is 20.7. The second kappa shape index (κ2) is 7.61. The molecule has 3 aromatic carbocycles. The number of nitrogens with two attached hydrogens (primary N) is 1. The molecule has 1 heterocycles. The van der Waals surface area contributed by atoms with Crippen molar-refractivity contribution in [2.24, 2.45) is 9.54 Å². The summed E-state index contributed by atoms with van der Waals surface area (Å²) in [6.07, 6.45) is 0. The summed E-state index contributed by atoms with van der Waals surface area (Å²) >= 11 is 0. The van der Waals surface area contributed by atoms with Gasteiger partial charge in [0.25, 0.3) is 10.0 Å². The van der Waals surface area contributed by atoms with E-state index in [9.17, 15) is 21.6 Å². The van der Waals surface area contributed by atoms with E-state index in [0.29, 0.717) is 11.3 Å². The van der Waals surface area contributed by atoms with Gasteiger partial charge in [-0.3, -0.25) is 0 Å². The first-order chi connectivity index (χ1) is 14.6. The van der Waals surface area contributed by atoms with Crippen LogP contribution in [0.5, 0.6) is 5.75 Å². The van der Waals surface area contributed by atoms with Gasteiger partial charge in [-0.2, -0.15) is 8.42 Å². The Morgan fingerprint density at radius 1 is 0.968 bits per heavy atom. The third kappa shape index (κ3) is 4.33. The molecule has 0 unspecified atom stereocenters. The number of sulfonamides is 2. The summed E-state index contributed by atoms with van der Waals surface area (Å²) in [5.41, 5.74) is 1.03. The first-order valence-corrected chi connectivity index (χ1v) is 11.8. The minimum absolute atomic E-state index is 0.114. The van der Waals surface area contributed by atoms with E-state index in [-0.39, 0.29) is 26.9 Å². The summed E-state index contributed by atoms with van der Waals surface area (Å²) in [6, 6.07) is 17.8. The van der Waals surface area contributed by atoms with Crippen molar-refractivity contribution < 1.29 is 26.4 Å². The Morgan fingerprint density at radius 3 is 2.39 bits per heavy atom. The monoisotopic (exact) mass is 457 g/mol. The standard InChI is InChI=1S/C20H15N3O6S2/c21-30(25,26)16-10-8-13(9-11-16)20(24)29-15-5-3-4-14(12-15)22-19-17-6-1-2-7-18(17)31(27,28)23-19/h1-12H,(H,22,23)(H2,21,25,26). The summed E-state index contributed by atoms with van der Waals surface area (Å²) < 4.78 is 56.0. The number of hydrogen-bond acceptors (Lipinski definition) is 7. The predicted molar refractivity (Wildman–Crippen MR) is 113 cm³/mol. The average Bonchev–Trinajstić information content (AvgIpc) is 2.98. The molecule has 0 saturated heterocycles. The number of hydrogen-bond donors (Lipinski definition) is 2. The number of primary sulfonamides is 1. The molecule has 0 bridgehead atoms. The lowest BCUT2D eigenvalue weighted by Gasteiger charge is -2.09. The van der Waals surface area contributed by atoms with Crippen molar-refractivity contribution in [2.75, 3.05) is 5.32 Å². The van der Waals surface area contributed by atoms with Gasteiger partial charge in [0.15, 0.2) is 5.84 Å². The van der Waals surface area contributed by atoms with Crippen molar-refractivity contribution in [1.29, 1.82) is 0 Å². The molecule has 0 aromatic heterocycles. The number of nitrogens with zero attached hydrogens (tertiary/aromatic N) is 1. The number of esters is 1. The molecule has 0 aliphatic carbocycles. The Bertz CT molecular complexity index is 1430. The van der Waals surface area contributed by atoms with Crippen LogP contribution in [0.25, 0.3) is 0 Å². The number of fused-ring (bicyclic) bond motifs is 1. The number of rotatable bonds is 4. The summed E-state index contributed by atoms with van der Waals surface area (Å²) in [5, 5.41) is 7.97. The lowest BCUT2D eigenvalue weighted by Crippen LogP contribution is -2.13. The molecular formula is C20H15N3O6S2. The molecule has 0 radical (unpaired) electrons. The van der Waals surface area contributed by atoms with Crippen LogP contribution in [0.1, 0.15) is 15.9 Å². The summed E-state index contributed by atoms with van der Waals surface area (Å²) in [5.74, 6) is -0.345. The number of anilines is 1. The number of carbonyl (C=O) groups excluding carboxylic acids is 1. The summed E-state index contributed by atoms with van der Waals surface area (Å²) in [4.78, 5) is 12.3. The van der Waals surface area contributed by atoms with Crippen LogP contribution in [0.2, 0.25) is 0 Å². The molecule has 0 saturated carbocycles. The average molecular weight is 457 g/mol. The summed E-state index contributed by atoms with van der Waals surface area (Å²) in [6.45, 7) is 0. The van der Waals surface area contributed by atoms with Crippen LogP contribution < -0.4 is 15.2 Å². The van der Waals surface area contributed by atoms with E-state index < -0.39 is 26.0 Å². The van der Waals surface area contributed by atoms with Crippen molar-refractivity contribution in [2.45, 2.75) is 9.79 Å². The smallest absolute Gasteiger partial charge is 0.343 e. The SMILES string of the molecule is NS(=O)(=O)c1ccc(C(=O)Oc2cccc(NC3=NS(=O)(=O)c4ccccc43)c2)cc1. The second-order valence-corrected chi connectivity index (χ2v) is 9.66. The van der Waals surface area contributed by atoms with Crippen molar-refractivity contribution in [3.05, 3.63) is 83.9 Å². The van der Waals surface area contributed by atoms with E-state index in [2.05, 4.69) is 9.71 Å². The van der Waals surface area contributed by atoms with Crippen molar-refractivity contribution in [1.82, 2.24) is 0 Å². The van der Waals surface area contributed by atoms with Crippen molar-refractivity contribution in [3.8, 4) is 5.75 Å². The van der Waals surface area contributed by atoms with Gasteiger partial charge in [0, 0.05) is 17.3 Å². The normalized spacial score (nSPS) is 14.4. The van der Waals surface area contributed by atoms with Crippen LogP contribution in [0.15, 0.2) is 87.0 Å². The Balaban J connectivity index is 1.53. The molecule has 0 fully saturated rings. The van der Waals surface area contributed by atoms with Gasteiger partial charge in [0.2, 0.25) is 10.0 Å². The molecule has 11 heteroatoms. The van der Waals surface area contributed by atoms with Crippen LogP contribution in [0.3, 0.4) is 0 Å². The zero-order valence-electron chi connectivity index (χ0n) is 15.7. The molecule has 158 valence electrons. The fourth-order valence-electron chi connectivity index (χ4n) is 2.92. The van der Waals surface area contributed by atoms with E-state index in [1.807, 2.05) is 0 Å². The molecule has 3 N–H and O–H groups in total. The topological polar surface area (TPSA) is 145 Å². The number of benzene rings is 3. The van der Waals surface area contributed by atoms with Gasteiger partial charge in [-0.1, -0.05) is 18.2 Å². The second-order valence-electron chi connectivity index (χ2n) is 6.52. The zero-order chi connectivity index (χ0) is 22.2. The maximum atomic E-state index is 12.4. The molecule has 1 aliphatic heterocycles. The molecule has 0 atom stereocenters. The van der Waals surface area contributed by atoms with E-state index in [4.69, 9.17) is 9.88 Å². The Labute approximate surface area is 178 Å².